The van der Waals surface area contributed by atoms with Gasteiger partial charge in [0.15, 0.2) is 0 Å². The number of thiophene rings is 1. The van der Waals surface area contributed by atoms with Gasteiger partial charge in [0.05, 0.1) is 16.7 Å². The maximum Gasteiger partial charge on any atom is 0.0668 e. The van der Waals surface area contributed by atoms with Crippen molar-refractivity contribution in [1.29, 1.82) is 0 Å². The number of benzene rings is 4. The summed E-state index contributed by atoms with van der Waals surface area (Å²) in [6.07, 6.45) is 16.0. The molecule has 3 heterocycles. The minimum Gasteiger partial charge on any atom is -0.309 e. The summed E-state index contributed by atoms with van der Waals surface area (Å²) < 4.78 is 5.11. The van der Waals surface area contributed by atoms with Gasteiger partial charge in [-0.3, -0.25) is 4.98 Å². The molecule has 7 aromatic rings. The van der Waals surface area contributed by atoms with Crippen molar-refractivity contribution in [2.24, 2.45) is 0 Å². The summed E-state index contributed by atoms with van der Waals surface area (Å²) in [5, 5.41) is 5.31. The Labute approximate surface area is 261 Å². The molecule has 1 atom stereocenters. The Balaban J connectivity index is 1.34. The lowest BCUT2D eigenvalue weighted by Gasteiger charge is -2.17. The fraction of sp³-hybridized carbons (Fsp3) is 0.0976. The van der Waals surface area contributed by atoms with Crippen molar-refractivity contribution in [2.45, 2.75) is 26.2 Å². The van der Waals surface area contributed by atoms with Crippen LogP contribution < -0.4 is 0 Å². The highest BCUT2D eigenvalue weighted by Crippen LogP contribution is 2.43. The van der Waals surface area contributed by atoms with Gasteiger partial charge >= 0.3 is 0 Å². The van der Waals surface area contributed by atoms with Gasteiger partial charge in [0.1, 0.15) is 0 Å². The normalized spacial score (nSPS) is 15.5. The standard InChI is InChI=1S/C41H32N2S/c1-3-4-13-27(2)34-25-30(26-35(42-34)28-14-6-5-7-15-28)29-16-12-17-31(24-29)43-36-20-10-8-18-32(36)40-37(43)22-23-39-41(40)33-19-9-11-21-38(33)44-39/h3-14,16-26,28H,15H2,1-2H3/b4-3-,27-13+. The summed E-state index contributed by atoms with van der Waals surface area (Å²) in [5.74, 6) is 0.275. The van der Waals surface area contributed by atoms with Crippen LogP contribution in [0.4, 0.5) is 0 Å². The highest BCUT2D eigenvalue weighted by atomic mass is 32.1. The van der Waals surface area contributed by atoms with E-state index in [1.165, 1.54) is 53.1 Å². The van der Waals surface area contributed by atoms with Crippen LogP contribution in [-0.4, -0.2) is 9.55 Å². The molecule has 0 spiro atoms. The third-order valence-electron chi connectivity index (χ3n) is 8.76. The Morgan fingerprint density at radius 2 is 1.66 bits per heavy atom. The minimum absolute atomic E-state index is 0.275. The number of nitrogens with zero attached hydrogens (tertiary/aromatic N) is 2. The zero-order valence-electron chi connectivity index (χ0n) is 24.9. The number of hydrogen-bond donors (Lipinski definition) is 0. The van der Waals surface area contributed by atoms with Gasteiger partial charge in [0.2, 0.25) is 0 Å². The van der Waals surface area contributed by atoms with Crippen molar-refractivity contribution >= 4 is 58.9 Å². The van der Waals surface area contributed by atoms with Crippen molar-refractivity contribution < 1.29 is 0 Å². The zero-order chi connectivity index (χ0) is 29.6. The Hall–Kier alpha value is -4.99. The first-order chi connectivity index (χ1) is 21.7. The van der Waals surface area contributed by atoms with Gasteiger partial charge in [0, 0.05) is 48.2 Å². The molecular formula is C41H32N2S. The van der Waals surface area contributed by atoms with E-state index < -0.39 is 0 Å². The molecule has 0 bridgehead atoms. The molecule has 0 saturated heterocycles. The van der Waals surface area contributed by atoms with Crippen molar-refractivity contribution in [3.05, 3.63) is 151 Å². The minimum atomic E-state index is 0.275. The second kappa shape index (κ2) is 10.9. The number of pyridine rings is 1. The molecule has 8 rings (SSSR count). The van der Waals surface area contributed by atoms with E-state index in [1.807, 2.05) is 18.3 Å². The average Bonchev–Trinajstić information content (AvgIpc) is 3.63. The van der Waals surface area contributed by atoms with E-state index in [2.05, 4.69) is 151 Å². The van der Waals surface area contributed by atoms with Crippen molar-refractivity contribution in [3.8, 4) is 16.8 Å². The van der Waals surface area contributed by atoms with Gasteiger partial charge in [-0.25, -0.2) is 0 Å². The van der Waals surface area contributed by atoms with E-state index in [0.717, 1.165) is 29.1 Å². The molecule has 0 N–H and O–H groups in total. The van der Waals surface area contributed by atoms with Gasteiger partial charge in [-0.2, -0.15) is 0 Å². The fourth-order valence-corrected chi connectivity index (χ4v) is 7.73. The van der Waals surface area contributed by atoms with Crippen LogP contribution in [0.2, 0.25) is 0 Å². The first-order valence-corrected chi connectivity index (χ1v) is 16.1. The predicted molar refractivity (Wildman–Crippen MR) is 191 cm³/mol. The Morgan fingerprint density at radius 3 is 2.52 bits per heavy atom. The van der Waals surface area contributed by atoms with Crippen LogP contribution in [0.15, 0.2) is 140 Å². The van der Waals surface area contributed by atoms with Gasteiger partial charge in [0.25, 0.3) is 0 Å². The molecule has 0 fully saturated rings. The molecule has 3 aromatic heterocycles. The summed E-state index contributed by atoms with van der Waals surface area (Å²) >= 11 is 1.88. The molecular weight excluding hydrogens is 553 g/mol. The lowest BCUT2D eigenvalue weighted by Crippen LogP contribution is -2.03. The molecule has 44 heavy (non-hydrogen) atoms. The highest BCUT2D eigenvalue weighted by molar-refractivity contribution is 7.26. The van der Waals surface area contributed by atoms with Crippen LogP contribution in [0, 0.1) is 0 Å². The number of hydrogen-bond acceptors (Lipinski definition) is 2. The molecule has 3 heteroatoms. The number of fused-ring (bicyclic) bond motifs is 7. The topological polar surface area (TPSA) is 17.8 Å². The van der Waals surface area contributed by atoms with Gasteiger partial charge in [-0.1, -0.05) is 91.1 Å². The van der Waals surface area contributed by atoms with Crippen molar-refractivity contribution in [2.75, 3.05) is 0 Å². The first-order valence-electron chi connectivity index (χ1n) is 15.3. The SMILES string of the molecule is C/C=C\C=C(/C)c1cc(-c2cccc(-n3c4ccccc4c4c5c(ccc43)sc3ccccc35)c2)cc(C2C=CC=CC2)n1. The average molecular weight is 585 g/mol. The Morgan fingerprint density at radius 1 is 0.795 bits per heavy atom. The molecule has 212 valence electrons. The van der Waals surface area contributed by atoms with E-state index in [1.54, 1.807) is 0 Å². The van der Waals surface area contributed by atoms with Crippen LogP contribution in [0.5, 0.6) is 0 Å². The number of para-hydroxylation sites is 1. The maximum atomic E-state index is 5.15. The predicted octanol–water partition coefficient (Wildman–Crippen LogP) is 11.8. The molecule has 4 aromatic carbocycles. The summed E-state index contributed by atoms with van der Waals surface area (Å²) in [6, 6.07) is 35.8. The number of allylic oxidation sites excluding steroid dienone is 8. The molecule has 2 nitrogen and oxygen atoms in total. The summed E-state index contributed by atoms with van der Waals surface area (Å²) in [6.45, 7) is 4.19. The Bertz CT molecular complexity index is 2340. The molecule has 0 amide bonds. The zero-order valence-corrected chi connectivity index (χ0v) is 25.7. The third-order valence-corrected chi connectivity index (χ3v) is 9.90. The van der Waals surface area contributed by atoms with E-state index in [9.17, 15) is 0 Å². The van der Waals surface area contributed by atoms with Gasteiger partial charge in [-0.05, 0) is 85.5 Å². The first kappa shape index (κ1) is 26.6. The van der Waals surface area contributed by atoms with Crippen LogP contribution in [0.3, 0.4) is 0 Å². The quantitative estimate of drug-likeness (QED) is 0.184. The van der Waals surface area contributed by atoms with Gasteiger partial charge < -0.3 is 4.57 Å². The molecule has 1 unspecified atom stereocenters. The number of rotatable bonds is 5. The van der Waals surface area contributed by atoms with Crippen molar-refractivity contribution in [3.63, 3.8) is 0 Å². The molecule has 1 aliphatic rings. The maximum absolute atomic E-state index is 5.15. The largest absolute Gasteiger partial charge is 0.309 e. The Kier molecular flexibility index (Phi) is 6.61. The van der Waals surface area contributed by atoms with E-state index >= 15 is 0 Å². The van der Waals surface area contributed by atoms with Crippen molar-refractivity contribution in [1.82, 2.24) is 9.55 Å². The van der Waals surface area contributed by atoms with Crippen LogP contribution in [-0.2, 0) is 0 Å². The second-order valence-corrected chi connectivity index (χ2v) is 12.6. The smallest absolute Gasteiger partial charge is 0.0668 e. The van der Waals surface area contributed by atoms with Crippen LogP contribution in [0.1, 0.15) is 37.6 Å². The van der Waals surface area contributed by atoms with E-state index in [0.29, 0.717) is 0 Å². The third kappa shape index (κ3) is 4.44. The monoisotopic (exact) mass is 584 g/mol. The van der Waals surface area contributed by atoms with E-state index in [-0.39, 0.29) is 5.92 Å². The van der Waals surface area contributed by atoms with Gasteiger partial charge in [-0.15, -0.1) is 11.3 Å². The highest BCUT2D eigenvalue weighted by Gasteiger charge is 2.19. The second-order valence-electron chi connectivity index (χ2n) is 11.5. The molecule has 0 saturated carbocycles. The number of aromatic nitrogens is 2. The van der Waals surface area contributed by atoms with Crippen LogP contribution >= 0.6 is 11.3 Å². The lowest BCUT2D eigenvalue weighted by atomic mass is 9.93. The molecule has 0 aliphatic heterocycles. The fourth-order valence-electron chi connectivity index (χ4n) is 6.61. The molecule has 1 aliphatic carbocycles. The lowest BCUT2D eigenvalue weighted by molar-refractivity contribution is 0.814. The van der Waals surface area contributed by atoms with Crippen LogP contribution in [0.25, 0.3) is 64.4 Å². The van der Waals surface area contributed by atoms with E-state index in [4.69, 9.17) is 4.98 Å². The summed E-state index contributed by atoms with van der Waals surface area (Å²) in [7, 11) is 0. The molecule has 0 radical (unpaired) electrons. The summed E-state index contributed by atoms with van der Waals surface area (Å²) in [5.41, 5.74) is 9.29. The summed E-state index contributed by atoms with van der Waals surface area (Å²) in [4.78, 5) is 5.15.